The molecular weight excluding hydrogens is 398 g/mol. The van der Waals surface area contributed by atoms with E-state index in [2.05, 4.69) is 23.0 Å². The lowest BCUT2D eigenvalue weighted by atomic mass is 10.0. The number of carbonyl (C=O) groups is 1. The van der Waals surface area contributed by atoms with Crippen LogP contribution in [0.25, 0.3) is 0 Å². The van der Waals surface area contributed by atoms with E-state index < -0.39 is 0 Å². The number of hydrogen-bond acceptors (Lipinski definition) is 6. The highest BCUT2D eigenvalue weighted by atomic mass is 32.2. The van der Waals surface area contributed by atoms with Gasteiger partial charge in [-0.2, -0.15) is 0 Å². The van der Waals surface area contributed by atoms with Gasteiger partial charge in [-0.3, -0.25) is 9.78 Å². The van der Waals surface area contributed by atoms with Crippen LogP contribution in [0.4, 0.5) is 0 Å². The Bertz CT molecular complexity index is 819. The standard InChI is InChI=1S/C23H31N3O3S/c1-25(14-10-18-6-7-21(28-2)22(15-18)29-3)19-5-4-13-26(16-19)23(27)17-30-20-8-11-24-12-9-20/h6-9,11-12,15,19H,4-5,10,13-14,16-17H2,1-3H3/t19-/m1/s1. The van der Waals surface area contributed by atoms with Crippen molar-refractivity contribution in [3.63, 3.8) is 0 Å². The van der Waals surface area contributed by atoms with Crippen molar-refractivity contribution in [2.45, 2.75) is 30.2 Å². The molecule has 0 spiro atoms. The largest absolute Gasteiger partial charge is 0.493 e. The van der Waals surface area contributed by atoms with Crippen LogP contribution < -0.4 is 9.47 Å². The fourth-order valence-corrected chi connectivity index (χ4v) is 4.52. The Balaban J connectivity index is 1.49. The van der Waals surface area contributed by atoms with E-state index in [1.165, 1.54) is 5.56 Å². The molecule has 1 aromatic carbocycles. The SMILES string of the molecule is COc1ccc(CCN(C)[C@@H]2CCCN(C(=O)CSc3ccncc3)C2)cc1OC. The molecule has 1 saturated heterocycles. The molecule has 2 heterocycles. The van der Waals surface area contributed by atoms with Gasteiger partial charge in [0.1, 0.15) is 0 Å². The summed E-state index contributed by atoms with van der Waals surface area (Å²) in [6.45, 7) is 2.60. The van der Waals surface area contributed by atoms with Crippen molar-refractivity contribution < 1.29 is 14.3 Å². The van der Waals surface area contributed by atoms with Crippen molar-refractivity contribution in [2.24, 2.45) is 0 Å². The van der Waals surface area contributed by atoms with Gasteiger partial charge in [-0.05, 0) is 56.1 Å². The van der Waals surface area contributed by atoms with Crippen LogP contribution in [0.5, 0.6) is 11.5 Å². The zero-order valence-corrected chi connectivity index (χ0v) is 18.9. The number of methoxy groups -OCH3 is 2. The molecule has 1 atom stereocenters. The van der Waals surface area contributed by atoms with Gasteiger partial charge in [-0.15, -0.1) is 11.8 Å². The van der Waals surface area contributed by atoms with Gasteiger partial charge in [0.25, 0.3) is 0 Å². The summed E-state index contributed by atoms with van der Waals surface area (Å²) >= 11 is 1.58. The van der Waals surface area contributed by atoms with Crippen LogP contribution in [0.3, 0.4) is 0 Å². The van der Waals surface area contributed by atoms with Crippen LogP contribution in [0.1, 0.15) is 18.4 Å². The smallest absolute Gasteiger partial charge is 0.232 e. The Labute approximate surface area is 183 Å². The van der Waals surface area contributed by atoms with Crippen molar-refractivity contribution in [1.82, 2.24) is 14.8 Å². The van der Waals surface area contributed by atoms with Crippen LogP contribution in [-0.4, -0.2) is 73.4 Å². The van der Waals surface area contributed by atoms with Gasteiger partial charge >= 0.3 is 0 Å². The second-order valence-electron chi connectivity index (χ2n) is 7.53. The quantitative estimate of drug-likeness (QED) is 0.570. The molecule has 0 aliphatic carbocycles. The van der Waals surface area contributed by atoms with Crippen molar-refractivity contribution in [3.05, 3.63) is 48.3 Å². The number of amides is 1. The third kappa shape index (κ3) is 6.12. The van der Waals surface area contributed by atoms with Gasteiger partial charge in [0, 0.05) is 43.0 Å². The molecule has 1 amide bonds. The summed E-state index contributed by atoms with van der Waals surface area (Å²) in [5.74, 6) is 2.21. The average molecular weight is 430 g/mol. The summed E-state index contributed by atoms with van der Waals surface area (Å²) in [7, 11) is 5.47. The van der Waals surface area contributed by atoms with Gasteiger partial charge in [-0.25, -0.2) is 0 Å². The minimum absolute atomic E-state index is 0.217. The number of pyridine rings is 1. The van der Waals surface area contributed by atoms with Crippen molar-refractivity contribution in [3.8, 4) is 11.5 Å². The summed E-state index contributed by atoms with van der Waals surface area (Å²) in [4.78, 5) is 22.2. The fraction of sp³-hybridized carbons (Fsp3) is 0.478. The highest BCUT2D eigenvalue weighted by Gasteiger charge is 2.26. The Morgan fingerprint density at radius 2 is 1.97 bits per heavy atom. The maximum Gasteiger partial charge on any atom is 0.232 e. The van der Waals surface area contributed by atoms with Gasteiger partial charge < -0.3 is 19.3 Å². The van der Waals surface area contributed by atoms with E-state index >= 15 is 0 Å². The molecule has 6 nitrogen and oxygen atoms in total. The van der Waals surface area contributed by atoms with E-state index in [1.54, 1.807) is 38.4 Å². The van der Waals surface area contributed by atoms with E-state index in [9.17, 15) is 4.79 Å². The highest BCUT2D eigenvalue weighted by molar-refractivity contribution is 8.00. The Morgan fingerprint density at radius 3 is 2.70 bits per heavy atom. The molecule has 1 aliphatic rings. The van der Waals surface area contributed by atoms with Crippen molar-refractivity contribution >= 4 is 17.7 Å². The minimum Gasteiger partial charge on any atom is -0.493 e. The van der Waals surface area contributed by atoms with Crippen molar-refractivity contribution in [2.75, 3.05) is 46.7 Å². The summed E-state index contributed by atoms with van der Waals surface area (Å²) in [5.41, 5.74) is 1.22. The van der Waals surface area contributed by atoms with Crippen molar-refractivity contribution in [1.29, 1.82) is 0 Å². The first kappa shape index (κ1) is 22.4. The normalized spacial score (nSPS) is 16.5. The zero-order chi connectivity index (χ0) is 21.3. The predicted octanol–water partition coefficient (Wildman–Crippen LogP) is 3.36. The molecule has 1 fully saturated rings. The molecule has 3 rings (SSSR count). The lowest BCUT2D eigenvalue weighted by Crippen LogP contribution is -2.49. The number of likely N-dealkylation sites (tertiary alicyclic amines) is 1. The Hall–Kier alpha value is -2.25. The lowest BCUT2D eigenvalue weighted by molar-refractivity contribution is -0.130. The zero-order valence-electron chi connectivity index (χ0n) is 18.0. The summed E-state index contributed by atoms with van der Waals surface area (Å²) in [6, 6.07) is 10.4. The van der Waals surface area contributed by atoms with Crippen LogP contribution in [0, 0.1) is 0 Å². The number of likely N-dealkylation sites (N-methyl/N-ethyl adjacent to an activating group) is 1. The number of ether oxygens (including phenoxy) is 2. The van der Waals surface area contributed by atoms with Gasteiger partial charge in [-0.1, -0.05) is 6.07 Å². The number of rotatable bonds is 9. The third-order valence-corrected chi connectivity index (χ3v) is 6.58. The molecular formula is C23H31N3O3S. The number of piperidine rings is 1. The monoisotopic (exact) mass is 429 g/mol. The molecule has 1 aromatic heterocycles. The van der Waals surface area contributed by atoms with E-state index in [4.69, 9.17) is 9.47 Å². The summed E-state index contributed by atoms with van der Waals surface area (Å²) < 4.78 is 10.7. The first-order valence-corrected chi connectivity index (χ1v) is 11.3. The second-order valence-corrected chi connectivity index (χ2v) is 8.58. The van der Waals surface area contributed by atoms with Crippen LogP contribution in [-0.2, 0) is 11.2 Å². The highest BCUT2D eigenvalue weighted by Crippen LogP contribution is 2.28. The lowest BCUT2D eigenvalue weighted by Gasteiger charge is -2.37. The number of benzene rings is 1. The van der Waals surface area contributed by atoms with Gasteiger partial charge in [0.15, 0.2) is 11.5 Å². The first-order chi connectivity index (χ1) is 14.6. The summed E-state index contributed by atoms with van der Waals surface area (Å²) in [5, 5.41) is 0. The molecule has 0 bridgehead atoms. The number of carbonyl (C=O) groups excluding carboxylic acids is 1. The van der Waals surface area contributed by atoms with E-state index in [1.807, 2.05) is 29.2 Å². The average Bonchev–Trinajstić information content (AvgIpc) is 2.81. The molecule has 162 valence electrons. The predicted molar refractivity (Wildman–Crippen MR) is 120 cm³/mol. The van der Waals surface area contributed by atoms with Gasteiger partial charge in [0.05, 0.1) is 20.0 Å². The van der Waals surface area contributed by atoms with Crippen LogP contribution in [0.2, 0.25) is 0 Å². The number of aromatic nitrogens is 1. The Kier molecular flexibility index (Phi) is 8.39. The van der Waals surface area contributed by atoms with E-state index in [-0.39, 0.29) is 5.91 Å². The molecule has 30 heavy (non-hydrogen) atoms. The summed E-state index contributed by atoms with van der Waals surface area (Å²) in [6.07, 6.45) is 6.63. The maximum atomic E-state index is 12.7. The first-order valence-electron chi connectivity index (χ1n) is 10.3. The maximum absolute atomic E-state index is 12.7. The van der Waals surface area contributed by atoms with E-state index in [0.29, 0.717) is 11.8 Å². The molecule has 1 aliphatic heterocycles. The fourth-order valence-electron chi connectivity index (χ4n) is 3.74. The third-order valence-electron chi connectivity index (χ3n) is 5.59. The van der Waals surface area contributed by atoms with Gasteiger partial charge in [0.2, 0.25) is 5.91 Å². The molecule has 0 saturated carbocycles. The number of hydrogen-bond donors (Lipinski definition) is 0. The molecule has 2 aromatic rings. The number of nitrogens with zero attached hydrogens (tertiary/aromatic N) is 3. The van der Waals surface area contributed by atoms with Crippen LogP contribution in [0.15, 0.2) is 47.6 Å². The molecule has 0 radical (unpaired) electrons. The topological polar surface area (TPSA) is 54.9 Å². The van der Waals surface area contributed by atoms with E-state index in [0.717, 1.165) is 55.3 Å². The Morgan fingerprint density at radius 1 is 1.20 bits per heavy atom. The second kappa shape index (κ2) is 11.2. The number of thioether (sulfide) groups is 1. The minimum atomic E-state index is 0.217. The molecule has 7 heteroatoms. The van der Waals surface area contributed by atoms with Crippen LogP contribution >= 0.6 is 11.8 Å². The molecule has 0 N–H and O–H groups in total. The molecule has 0 unspecified atom stereocenters.